The summed E-state index contributed by atoms with van der Waals surface area (Å²) in [5.41, 5.74) is 0. The van der Waals surface area contributed by atoms with Gasteiger partial charge in [-0.1, -0.05) is 321 Å². The normalized spacial score (nSPS) is 12.6. The minimum Gasteiger partial charge on any atom is -0.466 e. The van der Waals surface area contributed by atoms with Crippen LogP contribution < -0.4 is 5.32 Å². The Balaban J connectivity index is 3.34. The third-order valence-corrected chi connectivity index (χ3v) is 16.2. The van der Waals surface area contributed by atoms with Crippen LogP contribution in [0.1, 0.15) is 386 Å². The second-order valence-corrected chi connectivity index (χ2v) is 23.9. The Kier molecular flexibility index (Phi) is 64.4. The van der Waals surface area contributed by atoms with Gasteiger partial charge in [0.2, 0.25) is 5.91 Å². The number of unbranched alkanes of at least 4 members (excludes halogenated alkanes) is 50. The number of allylic oxidation sites excluding steroid dienone is 4. The van der Waals surface area contributed by atoms with Crippen molar-refractivity contribution in [3.8, 4) is 0 Å². The predicted molar refractivity (Wildman–Crippen MR) is 333 cm³/mol. The first-order chi connectivity index (χ1) is 37.5. The molecule has 0 fully saturated rings. The highest BCUT2D eigenvalue weighted by Crippen LogP contribution is 2.18. The minimum absolute atomic E-state index is 0.0102. The number of hydrogen-bond acceptors (Lipinski definition) is 5. The zero-order chi connectivity index (χ0) is 55.0. The van der Waals surface area contributed by atoms with Crippen molar-refractivity contribution in [2.45, 2.75) is 398 Å². The van der Waals surface area contributed by atoms with Gasteiger partial charge in [-0.15, -0.1) is 0 Å². The summed E-state index contributed by atoms with van der Waals surface area (Å²) >= 11 is 0. The lowest BCUT2D eigenvalue weighted by Gasteiger charge is -2.22. The summed E-state index contributed by atoms with van der Waals surface area (Å²) in [4.78, 5) is 24.5. The van der Waals surface area contributed by atoms with Gasteiger partial charge in [0, 0.05) is 12.8 Å². The summed E-state index contributed by atoms with van der Waals surface area (Å²) in [6.07, 6.45) is 82.3. The van der Waals surface area contributed by atoms with Crippen molar-refractivity contribution in [1.82, 2.24) is 5.32 Å². The number of nitrogens with one attached hydrogen (secondary N) is 1. The fourth-order valence-electron chi connectivity index (χ4n) is 10.9. The highest BCUT2D eigenvalue weighted by Gasteiger charge is 2.20. The molecule has 450 valence electrons. The van der Waals surface area contributed by atoms with Gasteiger partial charge in [-0.3, -0.25) is 9.59 Å². The summed E-state index contributed by atoms with van der Waals surface area (Å²) in [5.74, 6) is -0.0208. The summed E-state index contributed by atoms with van der Waals surface area (Å²) in [6, 6.07) is -0.539. The van der Waals surface area contributed by atoms with E-state index in [0.29, 0.717) is 25.9 Å². The van der Waals surface area contributed by atoms with E-state index in [1.807, 2.05) is 0 Å². The number of carbonyl (C=O) groups excluding carboxylic acids is 2. The molecular weight excluding hydrogens is 935 g/mol. The molecule has 0 aromatic carbocycles. The molecule has 6 nitrogen and oxygen atoms in total. The van der Waals surface area contributed by atoms with Crippen LogP contribution in [0.25, 0.3) is 0 Å². The molecule has 0 aromatic rings. The van der Waals surface area contributed by atoms with E-state index in [9.17, 15) is 19.8 Å². The molecule has 0 bridgehead atoms. The standard InChI is InChI=1S/C70H135NO5/c1-3-5-7-9-11-13-15-17-35-40-44-48-52-56-60-64-70(75)76-65-61-57-53-49-45-41-37-34-32-30-28-26-24-22-20-18-19-21-23-25-27-29-31-33-36-39-43-47-51-55-59-63-69(74)71-67(66-72)68(73)62-58-54-50-46-42-38-16-14-12-10-8-6-4-2/h17,20,22,35,67-68,72-73H,3-16,18-19,21,23-34,36-66H2,1-2H3,(H,71,74)/b22-20-,35-17-. The second-order valence-electron chi connectivity index (χ2n) is 23.9. The average molecular weight is 1070 g/mol. The largest absolute Gasteiger partial charge is 0.466 e. The zero-order valence-corrected chi connectivity index (χ0v) is 51.5. The summed E-state index contributed by atoms with van der Waals surface area (Å²) in [7, 11) is 0. The average Bonchev–Trinajstić information content (AvgIpc) is 3.42. The van der Waals surface area contributed by atoms with Crippen LogP contribution in [0.2, 0.25) is 0 Å². The molecule has 1 amide bonds. The molecular formula is C70H135NO5. The van der Waals surface area contributed by atoms with E-state index < -0.39 is 12.1 Å². The monoisotopic (exact) mass is 1070 g/mol. The van der Waals surface area contributed by atoms with Gasteiger partial charge in [0.1, 0.15) is 0 Å². The van der Waals surface area contributed by atoms with Crippen LogP contribution in [-0.4, -0.2) is 47.4 Å². The quantitative estimate of drug-likeness (QED) is 0.0320. The van der Waals surface area contributed by atoms with Crippen molar-refractivity contribution in [2.24, 2.45) is 0 Å². The SMILES string of the molecule is CCCCCCCC/C=C\CCCCCCCC(=O)OCCCCCCCCCCCCCC/C=C\CCCCCCCCCCCCCCCCCC(=O)NC(CO)C(O)CCCCCCCCCCCCCCC. The van der Waals surface area contributed by atoms with Gasteiger partial charge in [0.25, 0.3) is 0 Å². The summed E-state index contributed by atoms with van der Waals surface area (Å²) in [5, 5.41) is 23.3. The summed E-state index contributed by atoms with van der Waals surface area (Å²) < 4.78 is 5.49. The molecule has 6 heteroatoms. The van der Waals surface area contributed by atoms with Gasteiger partial charge >= 0.3 is 5.97 Å². The van der Waals surface area contributed by atoms with Crippen LogP contribution in [-0.2, 0) is 14.3 Å². The maximum Gasteiger partial charge on any atom is 0.305 e. The predicted octanol–water partition coefficient (Wildman–Crippen LogP) is 22.1. The Hall–Kier alpha value is -1.66. The molecule has 0 aliphatic heterocycles. The molecule has 2 atom stereocenters. The molecule has 0 rings (SSSR count). The van der Waals surface area contributed by atoms with E-state index in [-0.39, 0.29) is 18.5 Å². The minimum atomic E-state index is -0.662. The Morgan fingerprint density at radius 2 is 0.618 bits per heavy atom. The molecule has 0 aromatic heterocycles. The van der Waals surface area contributed by atoms with Gasteiger partial charge in [0.15, 0.2) is 0 Å². The van der Waals surface area contributed by atoms with Crippen molar-refractivity contribution in [3.63, 3.8) is 0 Å². The lowest BCUT2D eigenvalue weighted by atomic mass is 10.0. The number of carbonyl (C=O) groups is 2. The van der Waals surface area contributed by atoms with Gasteiger partial charge in [-0.25, -0.2) is 0 Å². The zero-order valence-electron chi connectivity index (χ0n) is 51.5. The summed E-state index contributed by atoms with van der Waals surface area (Å²) in [6.45, 7) is 4.97. The van der Waals surface area contributed by atoms with Crippen LogP contribution in [0.15, 0.2) is 24.3 Å². The number of aliphatic hydroxyl groups excluding tert-OH is 2. The topological polar surface area (TPSA) is 95.9 Å². The molecule has 0 heterocycles. The lowest BCUT2D eigenvalue weighted by Crippen LogP contribution is -2.45. The molecule has 0 radical (unpaired) electrons. The third-order valence-electron chi connectivity index (χ3n) is 16.2. The first kappa shape index (κ1) is 74.3. The van der Waals surface area contributed by atoms with Gasteiger partial charge < -0.3 is 20.3 Å². The number of amides is 1. The Morgan fingerprint density at radius 3 is 0.934 bits per heavy atom. The smallest absolute Gasteiger partial charge is 0.305 e. The van der Waals surface area contributed by atoms with Crippen LogP contribution in [0.5, 0.6) is 0 Å². The van der Waals surface area contributed by atoms with E-state index in [1.165, 1.54) is 308 Å². The number of esters is 1. The maximum absolute atomic E-state index is 12.5. The van der Waals surface area contributed by atoms with E-state index >= 15 is 0 Å². The van der Waals surface area contributed by atoms with Gasteiger partial charge in [0.05, 0.1) is 25.4 Å². The van der Waals surface area contributed by atoms with E-state index in [2.05, 4.69) is 43.5 Å². The van der Waals surface area contributed by atoms with Crippen LogP contribution in [0.4, 0.5) is 0 Å². The molecule has 0 aliphatic rings. The van der Waals surface area contributed by atoms with Crippen LogP contribution in [0, 0.1) is 0 Å². The Labute approximate surface area is 475 Å². The third kappa shape index (κ3) is 61.6. The van der Waals surface area contributed by atoms with E-state index in [0.717, 1.165) is 44.9 Å². The molecule has 0 saturated carbocycles. The first-order valence-corrected chi connectivity index (χ1v) is 34.6. The number of hydrogen-bond donors (Lipinski definition) is 3. The molecule has 0 saturated heterocycles. The molecule has 0 spiro atoms. The highest BCUT2D eigenvalue weighted by molar-refractivity contribution is 5.76. The first-order valence-electron chi connectivity index (χ1n) is 34.6. The van der Waals surface area contributed by atoms with Crippen molar-refractivity contribution < 1.29 is 24.5 Å². The van der Waals surface area contributed by atoms with Crippen molar-refractivity contribution in [3.05, 3.63) is 24.3 Å². The van der Waals surface area contributed by atoms with E-state index in [4.69, 9.17) is 4.74 Å². The van der Waals surface area contributed by atoms with Gasteiger partial charge in [-0.05, 0) is 77.0 Å². The Bertz CT molecular complexity index is 1190. The lowest BCUT2D eigenvalue weighted by molar-refractivity contribution is -0.143. The number of ether oxygens (including phenoxy) is 1. The van der Waals surface area contributed by atoms with Crippen molar-refractivity contribution in [1.29, 1.82) is 0 Å². The van der Waals surface area contributed by atoms with Gasteiger partial charge in [-0.2, -0.15) is 0 Å². The highest BCUT2D eigenvalue weighted by atomic mass is 16.5. The molecule has 76 heavy (non-hydrogen) atoms. The Morgan fingerprint density at radius 1 is 0.355 bits per heavy atom. The van der Waals surface area contributed by atoms with E-state index in [1.54, 1.807) is 0 Å². The van der Waals surface area contributed by atoms with Crippen LogP contribution in [0.3, 0.4) is 0 Å². The number of aliphatic hydroxyl groups is 2. The van der Waals surface area contributed by atoms with Crippen molar-refractivity contribution >= 4 is 11.9 Å². The number of rotatable bonds is 65. The molecule has 3 N–H and O–H groups in total. The second kappa shape index (κ2) is 65.9. The molecule has 2 unspecified atom stereocenters. The molecule has 0 aliphatic carbocycles. The van der Waals surface area contributed by atoms with Crippen molar-refractivity contribution in [2.75, 3.05) is 13.2 Å². The van der Waals surface area contributed by atoms with Crippen LogP contribution >= 0.6 is 0 Å². The maximum atomic E-state index is 12.5. The fraction of sp³-hybridized carbons (Fsp3) is 0.914. The fourth-order valence-corrected chi connectivity index (χ4v) is 10.9.